The van der Waals surface area contributed by atoms with Gasteiger partial charge in [-0.1, -0.05) is 58.7 Å². The van der Waals surface area contributed by atoms with Gasteiger partial charge in [0.1, 0.15) is 11.5 Å². The number of rotatable bonds is 15. The van der Waals surface area contributed by atoms with Gasteiger partial charge in [0.05, 0.1) is 13.2 Å². The zero-order valence-electron chi connectivity index (χ0n) is 20.0. The molecule has 0 saturated carbocycles. The lowest BCUT2D eigenvalue weighted by molar-refractivity contribution is 0.100. The average molecular weight is 453 g/mol. The number of unbranched alkanes of at least 4 members (excludes halogenated alkanes) is 2. The highest BCUT2D eigenvalue weighted by Gasteiger charge is 2.38. The second kappa shape index (κ2) is 15.3. The molecule has 1 amide bonds. The standard InChI is InChI=1S/C24H41N2O4P/c1-6-10-19-29-31(28,30-20-11-7-2)21(5)23(26(17-8-3)18-9-4)25-24(27)22-15-13-12-14-16-22/h12-16,21H,6-11,17-20H2,1-5H3. The summed E-state index contributed by atoms with van der Waals surface area (Å²) in [4.78, 5) is 19.5. The number of hydrogen-bond donors (Lipinski definition) is 0. The Balaban J connectivity index is 3.34. The number of amidine groups is 1. The summed E-state index contributed by atoms with van der Waals surface area (Å²) >= 11 is 0. The Morgan fingerprint density at radius 3 is 1.90 bits per heavy atom. The molecule has 0 N–H and O–H groups in total. The van der Waals surface area contributed by atoms with Gasteiger partial charge in [-0.2, -0.15) is 4.99 Å². The van der Waals surface area contributed by atoms with Crippen LogP contribution in [-0.4, -0.2) is 48.6 Å². The van der Waals surface area contributed by atoms with Gasteiger partial charge in [0.2, 0.25) is 0 Å². The van der Waals surface area contributed by atoms with Crippen LogP contribution in [0.4, 0.5) is 0 Å². The van der Waals surface area contributed by atoms with Gasteiger partial charge >= 0.3 is 7.60 Å². The van der Waals surface area contributed by atoms with Gasteiger partial charge in [-0.05, 0) is 44.7 Å². The molecule has 0 heterocycles. The molecule has 176 valence electrons. The summed E-state index contributed by atoms with van der Waals surface area (Å²) in [6.45, 7) is 12.3. The summed E-state index contributed by atoms with van der Waals surface area (Å²) in [5, 5.41) is 0. The second-order valence-electron chi connectivity index (χ2n) is 7.72. The van der Waals surface area contributed by atoms with Gasteiger partial charge in [0, 0.05) is 18.7 Å². The molecule has 1 unspecified atom stereocenters. The molecule has 6 nitrogen and oxygen atoms in total. The van der Waals surface area contributed by atoms with Crippen LogP contribution in [0.2, 0.25) is 0 Å². The molecule has 0 aliphatic carbocycles. The van der Waals surface area contributed by atoms with Crippen molar-refractivity contribution >= 4 is 19.3 Å². The minimum absolute atomic E-state index is 0.340. The van der Waals surface area contributed by atoms with Crippen molar-refractivity contribution < 1.29 is 18.4 Å². The fourth-order valence-electron chi connectivity index (χ4n) is 3.13. The number of carbonyl (C=O) groups is 1. The highest BCUT2D eigenvalue weighted by molar-refractivity contribution is 7.55. The van der Waals surface area contributed by atoms with E-state index in [0.29, 0.717) is 24.6 Å². The molecule has 0 saturated heterocycles. The number of aliphatic imine (C=N–C) groups is 1. The van der Waals surface area contributed by atoms with E-state index in [9.17, 15) is 9.36 Å². The maximum atomic E-state index is 13.9. The molecule has 0 radical (unpaired) electrons. The zero-order valence-corrected chi connectivity index (χ0v) is 20.9. The normalized spacial score (nSPS) is 13.3. The van der Waals surface area contributed by atoms with Gasteiger partial charge in [0.15, 0.2) is 0 Å². The summed E-state index contributed by atoms with van der Waals surface area (Å²) in [5.74, 6) is 0.155. The molecule has 1 rings (SSSR count). The molecule has 0 spiro atoms. The summed E-state index contributed by atoms with van der Waals surface area (Å²) in [5.41, 5.74) is -0.124. The molecule has 7 heteroatoms. The lowest BCUT2D eigenvalue weighted by Crippen LogP contribution is -2.40. The van der Waals surface area contributed by atoms with E-state index in [1.165, 1.54) is 0 Å². The molecule has 1 aromatic carbocycles. The van der Waals surface area contributed by atoms with Crippen LogP contribution in [0.25, 0.3) is 0 Å². The fourth-order valence-corrected chi connectivity index (χ4v) is 4.93. The molecule has 1 aromatic rings. The van der Waals surface area contributed by atoms with Crippen LogP contribution in [0, 0.1) is 0 Å². The van der Waals surface area contributed by atoms with Gasteiger partial charge in [0.25, 0.3) is 5.91 Å². The van der Waals surface area contributed by atoms with E-state index in [0.717, 1.165) is 51.6 Å². The predicted molar refractivity (Wildman–Crippen MR) is 129 cm³/mol. The summed E-state index contributed by atoms with van der Waals surface area (Å²) in [6, 6.07) is 8.98. The Morgan fingerprint density at radius 1 is 0.935 bits per heavy atom. The molecule has 0 aliphatic heterocycles. The van der Waals surface area contributed by atoms with Crippen molar-refractivity contribution in [1.29, 1.82) is 0 Å². The Kier molecular flexibility index (Phi) is 13.6. The Morgan fingerprint density at radius 2 is 1.45 bits per heavy atom. The monoisotopic (exact) mass is 452 g/mol. The molecule has 0 aromatic heterocycles. The number of hydrogen-bond acceptors (Lipinski definition) is 4. The van der Waals surface area contributed by atoms with Gasteiger partial charge in [-0.3, -0.25) is 9.36 Å². The Labute approximate surface area is 189 Å². The van der Waals surface area contributed by atoms with E-state index in [1.54, 1.807) is 12.1 Å². The molecule has 0 fully saturated rings. The van der Waals surface area contributed by atoms with Crippen LogP contribution in [0.1, 0.15) is 83.5 Å². The molecular weight excluding hydrogens is 411 g/mol. The van der Waals surface area contributed by atoms with Crippen LogP contribution in [0.15, 0.2) is 35.3 Å². The average Bonchev–Trinajstić information content (AvgIpc) is 2.77. The molecule has 31 heavy (non-hydrogen) atoms. The van der Waals surface area contributed by atoms with Crippen LogP contribution < -0.4 is 0 Å². The van der Waals surface area contributed by atoms with Crippen molar-refractivity contribution in [3.63, 3.8) is 0 Å². The van der Waals surface area contributed by atoms with Gasteiger partial charge in [-0.25, -0.2) is 0 Å². The van der Waals surface area contributed by atoms with E-state index < -0.39 is 13.3 Å². The van der Waals surface area contributed by atoms with E-state index in [4.69, 9.17) is 9.05 Å². The van der Waals surface area contributed by atoms with E-state index in [2.05, 4.69) is 37.6 Å². The quantitative estimate of drug-likeness (QED) is 0.130. The zero-order chi connectivity index (χ0) is 23.1. The topological polar surface area (TPSA) is 68.2 Å². The minimum atomic E-state index is -3.50. The predicted octanol–water partition coefficient (Wildman–Crippen LogP) is 6.56. The van der Waals surface area contributed by atoms with Crippen LogP contribution in [-0.2, 0) is 13.6 Å². The van der Waals surface area contributed by atoms with E-state index >= 15 is 0 Å². The summed E-state index contributed by atoms with van der Waals surface area (Å²) in [7, 11) is -3.50. The number of amides is 1. The van der Waals surface area contributed by atoms with E-state index in [1.807, 2.05) is 25.1 Å². The number of carbonyl (C=O) groups excluding carboxylic acids is 1. The van der Waals surface area contributed by atoms with Crippen LogP contribution >= 0.6 is 7.60 Å². The van der Waals surface area contributed by atoms with Crippen LogP contribution in [0.3, 0.4) is 0 Å². The molecule has 1 atom stereocenters. The largest absolute Gasteiger partial charge is 0.359 e. The highest BCUT2D eigenvalue weighted by atomic mass is 31.2. The van der Waals surface area contributed by atoms with Crippen molar-refractivity contribution in [2.45, 2.75) is 78.8 Å². The lowest BCUT2D eigenvalue weighted by Gasteiger charge is -2.32. The first-order valence-corrected chi connectivity index (χ1v) is 13.4. The third-order valence-electron chi connectivity index (χ3n) is 4.93. The highest BCUT2D eigenvalue weighted by Crippen LogP contribution is 2.54. The Hall–Kier alpha value is -1.49. The first-order valence-electron chi connectivity index (χ1n) is 11.7. The van der Waals surface area contributed by atoms with Gasteiger partial charge < -0.3 is 13.9 Å². The minimum Gasteiger partial charge on any atom is -0.359 e. The first-order chi connectivity index (χ1) is 14.9. The molecule has 0 aliphatic rings. The summed E-state index contributed by atoms with van der Waals surface area (Å²) < 4.78 is 25.6. The molecule has 0 bridgehead atoms. The first kappa shape index (κ1) is 27.5. The maximum absolute atomic E-state index is 13.9. The third kappa shape index (κ3) is 9.26. The molecular formula is C24H41N2O4P. The number of nitrogens with zero attached hydrogens (tertiary/aromatic N) is 2. The Bertz CT molecular complexity index is 689. The van der Waals surface area contributed by atoms with E-state index in [-0.39, 0.29) is 5.91 Å². The summed E-state index contributed by atoms with van der Waals surface area (Å²) in [6.07, 6.45) is 5.27. The lowest BCUT2D eigenvalue weighted by atomic mass is 10.2. The maximum Gasteiger partial charge on any atom is 0.340 e. The van der Waals surface area contributed by atoms with Crippen molar-refractivity contribution in [3.05, 3.63) is 35.9 Å². The number of benzene rings is 1. The smallest absolute Gasteiger partial charge is 0.340 e. The van der Waals surface area contributed by atoms with Crippen molar-refractivity contribution in [3.8, 4) is 0 Å². The third-order valence-corrected chi connectivity index (χ3v) is 7.20. The van der Waals surface area contributed by atoms with Crippen LogP contribution in [0.5, 0.6) is 0 Å². The second-order valence-corrected chi connectivity index (χ2v) is 10.1. The SMILES string of the molecule is CCCCOP(=O)(OCCCC)C(C)C(=NC(=O)c1ccccc1)N(CCC)CCC. The fraction of sp³-hybridized carbons (Fsp3) is 0.667. The van der Waals surface area contributed by atoms with Crippen molar-refractivity contribution in [2.24, 2.45) is 4.99 Å². The van der Waals surface area contributed by atoms with Gasteiger partial charge in [-0.15, -0.1) is 0 Å². The van der Waals surface area contributed by atoms with Crippen molar-refractivity contribution in [1.82, 2.24) is 4.90 Å². The van der Waals surface area contributed by atoms with Crippen molar-refractivity contribution in [2.75, 3.05) is 26.3 Å².